The van der Waals surface area contributed by atoms with Gasteiger partial charge in [0.25, 0.3) is 5.56 Å². The third-order valence-corrected chi connectivity index (χ3v) is 4.26. The molecule has 0 saturated carbocycles. The number of hydrogen-bond acceptors (Lipinski definition) is 6. The van der Waals surface area contributed by atoms with E-state index in [0.717, 1.165) is 16.2 Å². The van der Waals surface area contributed by atoms with Crippen LogP contribution in [-0.2, 0) is 27.0 Å². The zero-order valence-electron chi connectivity index (χ0n) is 13.3. The molecule has 10 heteroatoms. The molecule has 9 nitrogen and oxygen atoms in total. The van der Waals surface area contributed by atoms with E-state index < -0.39 is 37.9 Å². The van der Waals surface area contributed by atoms with Crippen LogP contribution in [0.4, 0.5) is 0 Å². The average Bonchev–Trinajstić information content (AvgIpc) is 2.59. The van der Waals surface area contributed by atoms with Gasteiger partial charge in [-0.2, -0.15) is 0 Å². The van der Waals surface area contributed by atoms with Gasteiger partial charge in [-0.1, -0.05) is 30.3 Å². The molecule has 0 aliphatic carbocycles. The Balaban J connectivity index is 1.89. The minimum Gasteiger partial charge on any atom is -0.394 e. The molecular formula is C15H19N2O7P. The molecule has 0 spiro atoms. The van der Waals surface area contributed by atoms with Gasteiger partial charge in [-0.3, -0.25) is 18.9 Å². The molecule has 0 radical (unpaired) electrons. The largest absolute Gasteiger partial charge is 0.394 e. The van der Waals surface area contributed by atoms with Gasteiger partial charge >= 0.3 is 13.3 Å². The fraction of sp³-hybridized carbons (Fsp3) is 0.333. The molecule has 2 aromatic rings. The van der Waals surface area contributed by atoms with Crippen molar-refractivity contribution >= 4 is 7.60 Å². The molecule has 1 aromatic carbocycles. The van der Waals surface area contributed by atoms with Gasteiger partial charge in [0, 0.05) is 12.3 Å². The average molecular weight is 370 g/mol. The van der Waals surface area contributed by atoms with E-state index in [0.29, 0.717) is 0 Å². The molecule has 0 bridgehead atoms. The van der Waals surface area contributed by atoms with Crippen molar-refractivity contribution in [1.29, 1.82) is 0 Å². The smallest absolute Gasteiger partial charge is 0.353 e. The first-order chi connectivity index (χ1) is 11.9. The van der Waals surface area contributed by atoms with Crippen LogP contribution < -0.4 is 11.2 Å². The van der Waals surface area contributed by atoms with Gasteiger partial charge in [-0.25, -0.2) is 4.79 Å². The maximum absolute atomic E-state index is 12.0. The van der Waals surface area contributed by atoms with E-state index in [1.54, 1.807) is 24.3 Å². The Morgan fingerprint density at radius 2 is 1.92 bits per heavy atom. The van der Waals surface area contributed by atoms with E-state index in [2.05, 4.69) is 4.98 Å². The fourth-order valence-corrected chi connectivity index (χ4v) is 2.78. The highest BCUT2D eigenvalue weighted by atomic mass is 31.2. The topological polar surface area (TPSA) is 131 Å². The van der Waals surface area contributed by atoms with Crippen molar-refractivity contribution in [2.45, 2.75) is 19.3 Å². The van der Waals surface area contributed by atoms with Crippen molar-refractivity contribution < 1.29 is 23.8 Å². The van der Waals surface area contributed by atoms with E-state index >= 15 is 0 Å². The molecule has 2 atom stereocenters. The van der Waals surface area contributed by atoms with Crippen LogP contribution in [-0.4, -0.2) is 38.6 Å². The van der Waals surface area contributed by atoms with Gasteiger partial charge in [0.2, 0.25) is 0 Å². The number of benzene rings is 1. The Bertz CT molecular complexity index is 834. The number of aliphatic hydroxyl groups is 1. The molecule has 0 saturated heterocycles. The van der Waals surface area contributed by atoms with Gasteiger partial charge < -0.3 is 19.3 Å². The van der Waals surface area contributed by atoms with Gasteiger partial charge in [0.05, 0.1) is 25.9 Å². The molecule has 0 aliphatic rings. The SMILES string of the molecule is O=c1ccn(CC(CO)OCP(=O)(O)OCc2ccccc2)c(=O)[nH]1. The van der Waals surface area contributed by atoms with Crippen molar-refractivity contribution in [3.8, 4) is 0 Å². The van der Waals surface area contributed by atoms with Crippen molar-refractivity contribution in [1.82, 2.24) is 9.55 Å². The Morgan fingerprint density at radius 3 is 2.56 bits per heavy atom. The number of aliphatic hydroxyl groups excluding tert-OH is 1. The van der Waals surface area contributed by atoms with E-state index in [1.807, 2.05) is 6.07 Å². The van der Waals surface area contributed by atoms with Crippen LogP contribution >= 0.6 is 7.60 Å². The Labute approximate surface area is 143 Å². The summed E-state index contributed by atoms with van der Waals surface area (Å²) in [6.07, 6.45) is -0.301. The zero-order chi connectivity index (χ0) is 18.3. The lowest BCUT2D eigenvalue weighted by atomic mass is 10.2. The number of aromatic amines is 1. The number of hydrogen-bond donors (Lipinski definition) is 3. The van der Waals surface area contributed by atoms with Crippen LogP contribution in [0.5, 0.6) is 0 Å². The van der Waals surface area contributed by atoms with Crippen molar-refractivity contribution in [3.05, 3.63) is 69.0 Å². The van der Waals surface area contributed by atoms with E-state index in [4.69, 9.17) is 9.26 Å². The summed E-state index contributed by atoms with van der Waals surface area (Å²) in [5.41, 5.74) is -0.478. The number of H-pyrrole nitrogens is 1. The molecule has 2 rings (SSSR count). The second-order valence-corrected chi connectivity index (χ2v) is 7.05. The monoisotopic (exact) mass is 370 g/mol. The summed E-state index contributed by atoms with van der Waals surface area (Å²) < 4.78 is 23.3. The predicted molar refractivity (Wildman–Crippen MR) is 89.2 cm³/mol. The quantitative estimate of drug-likeness (QED) is 0.540. The summed E-state index contributed by atoms with van der Waals surface area (Å²) in [5, 5.41) is 9.31. The van der Waals surface area contributed by atoms with Crippen molar-refractivity contribution in [2.24, 2.45) is 0 Å². The Morgan fingerprint density at radius 1 is 1.20 bits per heavy atom. The molecule has 0 aliphatic heterocycles. The second-order valence-electron chi connectivity index (χ2n) is 5.26. The highest BCUT2D eigenvalue weighted by Gasteiger charge is 2.23. The highest BCUT2D eigenvalue weighted by Crippen LogP contribution is 2.42. The van der Waals surface area contributed by atoms with Crippen LogP contribution in [0.3, 0.4) is 0 Å². The van der Waals surface area contributed by atoms with Crippen LogP contribution in [0, 0.1) is 0 Å². The summed E-state index contributed by atoms with van der Waals surface area (Å²) in [6, 6.07) is 10.0. The van der Waals surface area contributed by atoms with Crippen molar-refractivity contribution in [2.75, 3.05) is 13.0 Å². The molecule has 0 amide bonds. The van der Waals surface area contributed by atoms with E-state index in [-0.39, 0.29) is 13.2 Å². The standard InChI is InChI=1S/C15H19N2O7P/c18-9-13(8-17-7-6-14(19)16-15(17)20)23-11-25(21,22)24-10-12-4-2-1-3-5-12/h1-7,13,18H,8-11H2,(H,21,22)(H,16,19,20). The Hall–Kier alpha value is -2.03. The molecule has 1 aromatic heterocycles. The number of aromatic nitrogens is 2. The minimum absolute atomic E-state index is 0.0544. The molecule has 136 valence electrons. The van der Waals surface area contributed by atoms with E-state index in [1.165, 1.54) is 6.20 Å². The minimum atomic E-state index is -4.03. The summed E-state index contributed by atoms with van der Waals surface area (Å²) in [5.74, 6) is 0. The number of nitrogens with one attached hydrogen (secondary N) is 1. The van der Waals surface area contributed by atoms with Gasteiger partial charge in [-0.05, 0) is 5.56 Å². The van der Waals surface area contributed by atoms with Gasteiger partial charge in [0.15, 0.2) is 0 Å². The second kappa shape index (κ2) is 8.89. The number of rotatable bonds is 9. The number of nitrogens with zero attached hydrogens (tertiary/aromatic N) is 1. The zero-order valence-corrected chi connectivity index (χ0v) is 14.2. The molecule has 1 heterocycles. The Kier molecular flexibility index (Phi) is 6.86. The molecular weight excluding hydrogens is 351 g/mol. The molecule has 25 heavy (non-hydrogen) atoms. The maximum atomic E-state index is 12.0. The predicted octanol–water partition coefficient (Wildman–Crippen LogP) is 0.274. The fourth-order valence-electron chi connectivity index (χ4n) is 1.96. The lowest BCUT2D eigenvalue weighted by Crippen LogP contribution is -2.34. The molecule has 3 N–H and O–H groups in total. The lowest BCUT2D eigenvalue weighted by Gasteiger charge is -2.19. The number of ether oxygens (including phenoxy) is 1. The van der Waals surface area contributed by atoms with Crippen molar-refractivity contribution in [3.63, 3.8) is 0 Å². The first-order valence-electron chi connectivity index (χ1n) is 7.42. The summed E-state index contributed by atoms with van der Waals surface area (Å²) in [4.78, 5) is 34.5. The third-order valence-electron chi connectivity index (χ3n) is 3.25. The van der Waals surface area contributed by atoms with Crippen LogP contribution in [0.1, 0.15) is 5.56 Å². The van der Waals surface area contributed by atoms with Crippen LogP contribution in [0.2, 0.25) is 0 Å². The van der Waals surface area contributed by atoms with Crippen LogP contribution in [0.15, 0.2) is 52.2 Å². The van der Waals surface area contributed by atoms with Gasteiger partial charge in [-0.15, -0.1) is 0 Å². The lowest BCUT2D eigenvalue weighted by molar-refractivity contribution is 0.0163. The maximum Gasteiger partial charge on any atom is 0.353 e. The molecule has 2 unspecified atom stereocenters. The third kappa shape index (κ3) is 6.41. The summed E-state index contributed by atoms with van der Waals surface area (Å²) >= 11 is 0. The summed E-state index contributed by atoms with van der Waals surface area (Å²) in [7, 11) is -4.03. The first-order valence-corrected chi connectivity index (χ1v) is 9.18. The van der Waals surface area contributed by atoms with Crippen LogP contribution in [0.25, 0.3) is 0 Å². The van der Waals surface area contributed by atoms with E-state index in [9.17, 15) is 24.2 Å². The summed E-state index contributed by atoms with van der Waals surface area (Å²) in [6.45, 7) is -0.629. The molecule has 0 fully saturated rings. The highest BCUT2D eigenvalue weighted by molar-refractivity contribution is 7.52. The first kappa shape index (κ1) is 19.3. The van der Waals surface area contributed by atoms with Gasteiger partial charge in [0.1, 0.15) is 6.35 Å². The normalized spacial score (nSPS) is 14.8.